The highest BCUT2D eigenvalue weighted by atomic mass is 32.1. The molecule has 17 heavy (non-hydrogen) atoms. The van der Waals surface area contributed by atoms with E-state index in [4.69, 9.17) is 0 Å². The molecule has 0 saturated carbocycles. The van der Waals surface area contributed by atoms with E-state index in [1.54, 1.807) is 24.3 Å². The van der Waals surface area contributed by atoms with Crippen LogP contribution in [0.25, 0.3) is 0 Å². The normalized spacial score (nSPS) is 10.3. The average Bonchev–Trinajstić information content (AvgIpc) is 2.29. The van der Waals surface area contributed by atoms with Crippen LogP contribution in [0.3, 0.4) is 0 Å². The third-order valence-electron chi connectivity index (χ3n) is 2.31. The maximum Gasteiger partial charge on any atom is 0.195 e. The Morgan fingerprint density at radius 1 is 1.00 bits per heavy atom. The SMILES string of the molecule is O=C(c1ccc(S)cc1)c1ccc(F)cc1F. The van der Waals surface area contributed by atoms with Crippen molar-refractivity contribution >= 4 is 18.4 Å². The largest absolute Gasteiger partial charge is 0.288 e. The summed E-state index contributed by atoms with van der Waals surface area (Å²) in [6.45, 7) is 0. The van der Waals surface area contributed by atoms with E-state index in [0.29, 0.717) is 16.5 Å². The fraction of sp³-hybridized carbons (Fsp3) is 0. The predicted octanol–water partition coefficient (Wildman–Crippen LogP) is 3.48. The predicted molar refractivity (Wildman–Crippen MR) is 63.5 cm³/mol. The summed E-state index contributed by atoms with van der Waals surface area (Å²) in [7, 11) is 0. The molecule has 0 unspecified atom stereocenters. The zero-order chi connectivity index (χ0) is 12.4. The second-order valence-corrected chi connectivity index (χ2v) is 4.02. The smallest absolute Gasteiger partial charge is 0.195 e. The van der Waals surface area contributed by atoms with E-state index >= 15 is 0 Å². The van der Waals surface area contributed by atoms with Crippen LogP contribution in [0.2, 0.25) is 0 Å². The van der Waals surface area contributed by atoms with Crippen LogP contribution in [0.5, 0.6) is 0 Å². The number of rotatable bonds is 2. The first-order valence-electron chi connectivity index (χ1n) is 4.87. The molecule has 0 radical (unpaired) electrons. The Bertz CT molecular complexity index is 564. The van der Waals surface area contributed by atoms with Gasteiger partial charge in [-0.05, 0) is 36.4 Å². The topological polar surface area (TPSA) is 17.1 Å². The van der Waals surface area contributed by atoms with Crippen LogP contribution in [0.1, 0.15) is 15.9 Å². The number of benzene rings is 2. The molecule has 0 aliphatic carbocycles. The van der Waals surface area contributed by atoms with Crippen LogP contribution in [-0.4, -0.2) is 5.78 Å². The van der Waals surface area contributed by atoms with E-state index in [9.17, 15) is 13.6 Å². The fourth-order valence-corrected chi connectivity index (χ4v) is 1.59. The first kappa shape index (κ1) is 11.8. The molecule has 0 aliphatic heterocycles. The summed E-state index contributed by atoms with van der Waals surface area (Å²) >= 11 is 4.09. The molecule has 86 valence electrons. The summed E-state index contributed by atoms with van der Waals surface area (Å²) in [5.74, 6) is -2.04. The lowest BCUT2D eigenvalue weighted by Crippen LogP contribution is -2.04. The molecule has 0 atom stereocenters. The van der Waals surface area contributed by atoms with Crippen molar-refractivity contribution in [1.82, 2.24) is 0 Å². The van der Waals surface area contributed by atoms with E-state index in [1.165, 1.54) is 0 Å². The van der Waals surface area contributed by atoms with Crippen molar-refractivity contribution in [2.45, 2.75) is 4.90 Å². The first-order chi connectivity index (χ1) is 8.08. The minimum atomic E-state index is -0.857. The van der Waals surface area contributed by atoms with Crippen LogP contribution in [-0.2, 0) is 0 Å². The van der Waals surface area contributed by atoms with Crippen molar-refractivity contribution in [3.05, 3.63) is 65.2 Å². The van der Waals surface area contributed by atoms with Gasteiger partial charge in [0.05, 0.1) is 5.56 Å². The van der Waals surface area contributed by atoms with Crippen molar-refractivity contribution in [3.63, 3.8) is 0 Å². The van der Waals surface area contributed by atoms with Gasteiger partial charge in [-0.3, -0.25) is 4.79 Å². The average molecular weight is 250 g/mol. The van der Waals surface area contributed by atoms with E-state index in [0.717, 1.165) is 12.1 Å². The summed E-state index contributed by atoms with van der Waals surface area (Å²) < 4.78 is 26.1. The van der Waals surface area contributed by atoms with Gasteiger partial charge in [0, 0.05) is 16.5 Å². The maximum atomic E-state index is 13.4. The van der Waals surface area contributed by atoms with Crippen LogP contribution >= 0.6 is 12.6 Å². The van der Waals surface area contributed by atoms with Gasteiger partial charge in [-0.2, -0.15) is 0 Å². The van der Waals surface area contributed by atoms with Gasteiger partial charge in [-0.25, -0.2) is 8.78 Å². The zero-order valence-corrected chi connectivity index (χ0v) is 9.55. The van der Waals surface area contributed by atoms with Gasteiger partial charge in [0.25, 0.3) is 0 Å². The Kier molecular flexibility index (Phi) is 3.24. The monoisotopic (exact) mass is 250 g/mol. The number of carbonyl (C=O) groups is 1. The summed E-state index contributed by atoms with van der Waals surface area (Å²) in [5.41, 5.74) is 0.201. The highest BCUT2D eigenvalue weighted by molar-refractivity contribution is 7.80. The third-order valence-corrected chi connectivity index (χ3v) is 2.60. The van der Waals surface area contributed by atoms with Gasteiger partial charge in [0.1, 0.15) is 11.6 Å². The lowest BCUT2D eigenvalue weighted by molar-refractivity contribution is 0.103. The molecule has 4 heteroatoms. The molecule has 0 fully saturated rings. The molecule has 1 nitrogen and oxygen atoms in total. The summed E-state index contributed by atoms with van der Waals surface area (Å²) in [5, 5.41) is 0. The van der Waals surface area contributed by atoms with Crippen molar-refractivity contribution in [2.24, 2.45) is 0 Å². The van der Waals surface area contributed by atoms with E-state index < -0.39 is 17.4 Å². The number of ketones is 1. The van der Waals surface area contributed by atoms with E-state index in [-0.39, 0.29) is 5.56 Å². The molecule has 2 aromatic rings. The molecule has 0 spiro atoms. The van der Waals surface area contributed by atoms with Gasteiger partial charge in [-0.15, -0.1) is 12.6 Å². The Labute approximate surface area is 103 Å². The van der Waals surface area contributed by atoms with Crippen molar-refractivity contribution < 1.29 is 13.6 Å². The van der Waals surface area contributed by atoms with Gasteiger partial charge >= 0.3 is 0 Å². The van der Waals surface area contributed by atoms with E-state index in [2.05, 4.69) is 12.6 Å². The van der Waals surface area contributed by atoms with Crippen LogP contribution in [0.4, 0.5) is 8.78 Å². The molecule has 0 N–H and O–H groups in total. The van der Waals surface area contributed by atoms with Crippen LogP contribution < -0.4 is 0 Å². The van der Waals surface area contributed by atoms with Crippen molar-refractivity contribution in [3.8, 4) is 0 Å². The quantitative estimate of drug-likeness (QED) is 0.637. The Morgan fingerprint density at radius 2 is 1.65 bits per heavy atom. The summed E-state index contributed by atoms with van der Waals surface area (Å²) in [6, 6.07) is 9.27. The van der Waals surface area contributed by atoms with Crippen LogP contribution in [0, 0.1) is 11.6 Å². The Morgan fingerprint density at radius 3 is 2.24 bits per heavy atom. The molecule has 0 saturated heterocycles. The highest BCUT2D eigenvalue weighted by Crippen LogP contribution is 2.16. The lowest BCUT2D eigenvalue weighted by atomic mass is 10.0. The lowest BCUT2D eigenvalue weighted by Gasteiger charge is -2.03. The zero-order valence-electron chi connectivity index (χ0n) is 8.65. The third kappa shape index (κ3) is 2.53. The van der Waals surface area contributed by atoms with Gasteiger partial charge < -0.3 is 0 Å². The second-order valence-electron chi connectivity index (χ2n) is 3.50. The number of hydrogen-bond donors (Lipinski definition) is 1. The number of hydrogen-bond acceptors (Lipinski definition) is 2. The molecular formula is C13H8F2OS. The molecule has 2 rings (SSSR count). The maximum absolute atomic E-state index is 13.4. The summed E-state index contributed by atoms with van der Waals surface area (Å²) in [4.78, 5) is 12.6. The molecular weight excluding hydrogens is 242 g/mol. The van der Waals surface area contributed by atoms with Crippen molar-refractivity contribution in [1.29, 1.82) is 0 Å². The van der Waals surface area contributed by atoms with Gasteiger partial charge in [-0.1, -0.05) is 0 Å². The number of carbonyl (C=O) groups excluding carboxylic acids is 1. The molecule has 0 amide bonds. The van der Waals surface area contributed by atoms with Gasteiger partial charge in [0.15, 0.2) is 5.78 Å². The standard InChI is InChI=1S/C13H8F2OS/c14-9-3-6-11(12(15)7-9)13(16)8-1-4-10(17)5-2-8/h1-7,17H. The highest BCUT2D eigenvalue weighted by Gasteiger charge is 2.14. The fourth-order valence-electron chi connectivity index (χ4n) is 1.44. The number of thiol groups is 1. The van der Waals surface area contributed by atoms with E-state index in [1.807, 2.05) is 0 Å². The Hall–Kier alpha value is -1.68. The van der Waals surface area contributed by atoms with Crippen molar-refractivity contribution in [2.75, 3.05) is 0 Å². The summed E-state index contributed by atoms with van der Waals surface area (Å²) in [6.07, 6.45) is 0. The molecule has 0 bridgehead atoms. The molecule has 0 aromatic heterocycles. The van der Waals surface area contributed by atoms with Gasteiger partial charge in [0.2, 0.25) is 0 Å². The first-order valence-corrected chi connectivity index (χ1v) is 5.31. The van der Waals surface area contributed by atoms with Crippen LogP contribution in [0.15, 0.2) is 47.4 Å². The minimum Gasteiger partial charge on any atom is -0.288 e. The molecule has 0 heterocycles. The number of halogens is 2. The second kappa shape index (κ2) is 4.67. The minimum absolute atomic E-state index is 0.140. The molecule has 2 aromatic carbocycles. The Balaban J connectivity index is 2.40. The molecule has 0 aliphatic rings.